The van der Waals surface area contributed by atoms with Gasteiger partial charge >= 0.3 is 5.97 Å². The van der Waals surface area contributed by atoms with Crippen LogP contribution in [0.2, 0.25) is 0 Å². The lowest BCUT2D eigenvalue weighted by Gasteiger charge is -2.26. The highest BCUT2D eigenvalue weighted by molar-refractivity contribution is 8.00. The van der Waals surface area contributed by atoms with Gasteiger partial charge in [-0.25, -0.2) is 22.3 Å². The van der Waals surface area contributed by atoms with Crippen LogP contribution in [-0.2, 0) is 29.0 Å². The van der Waals surface area contributed by atoms with Crippen LogP contribution in [0.4, 0.5) is 10.1 Å². The predicted octanol–water partition coefficient (Wildman–Crippen LogP) is 3.85. The molecule has 3 aromatic carbocycles. The molecule has 0 aliphatic carbocycles. The number of nitrogens with zero attached hydrogens (tertiary/aromatic N) is 1. The number of ether oxygens (including phenoxy) is 3. The number of carbonyl (C=O) groups excluding carboxylic acids is 3. The van der Waals surface area contributed by atoms with Crippen molar-refractivity contribution in [3.63, 3.8) is 0 Å². The van der Waals surface area contributed by atoms with E-state index in [9.17, 15) is 27.2 Å². The van der Waals surface area contributed by atoms with Crippen LogP contribution in [0.25, 0.3) is 0 Å². The van der Waals surface area contributed by atoms with E-state index in [1.807, 2.05) is 4.72 Å². The Labute approximate surface area is 247 Å². The van der Waals surface area contributed by atoms with Crippen LogP contribution in [-0.4, -0.2) is 65.5 Å². The first-order chi connectivity index (χ1) is 20.1. The van der Waals surface area contributed by atoms with Gasteiger partial charge in [0.1, 0.15) is 17.8 Å². The zero-order valence-electron chi connectivity index (χ0n) is 22.9. The number of methoxy groups -OCH3 is 1. The smallest absolute Gasteiger partial charge is 0.338 e. The lowest BCUT2D eigenvalue weighted by molar-refractivity contribution is -0.115. The molecule has 0 spiro atoms. The molecule has 3 aromatic rings. The second-order valence-corrected chi connectivity index (χ2v) is 11.9. The maximum Gasteiger partial charge on any atom is 0.338 e. The highest BCUT2D eigenvalue weighted by Crippen LogP contribution is 2.42. The molecule has 1 saturated heterocycles. The standard InChI is InChI=1S/C29H29FN2O8S2/c1-19-17-22(7-12-25(19)32-26(33)18-41-28(32)20-3-8-23(30)9-4-20)27(34)31-42(36,37)24-10-5-21(6-11-24)29(35)40-16-15-39-14-13-38-2/h3-12,17,28H,13-16,18H2,1-2H3,(H,31,34). The average Bonchev–Trinajstić information content (AvgIpc) is 3.35. The van der Waals surface area contributed by atoms with Gasteiger partial charge in [-0.2, -0.15) is 0 Å². The third kappa shape index (κ3) is 7.53. The third-order valence-electron chi connectivity index (χ3n) is 6.26. The van der Waals surface area contributed by atoms with Crippen LogP contribution in [0, 0.1) is 12.7 Å². The Kier molecular flexibility index (Phi) is 10.3. The SMILES string of the molecule is COCCOCCOC(=O)c1ccc(S(=O)(=O)NC(=O)c2ccc(N3C(=O)CSC3c3ccc(F)cc3)c(C)c2)cc1. The van der Waals surface area contributed by atoms with Crippen LogP contribution in [0.5, 0.6) is 0 Å². The Morgan fingerprint density at radius 3 is 2.31 bits per heavy atom. The number of esters is 1. The van der Waals surface area contributed by atoms with Gasteiger partial charge in [-0.15, -0.1) is 11.8 Å². The number of hydrogen-bond acceptors (Lipinski definition) is 9. The highest BCUT2D eigenvalue weighted by Gasteiger charge is 2.35. The molecule has 10 nitrogen and oxygen atoms in total. The first-order valence-electron chi connectivity index (χ1n) is 12.8. The number of thioether (sulfide) groups is 1. The number of hydrogen-bond donors (Lipinski definition) is 1. The van der Waals surface area contributed by atoms with Gasteiger partial charge in [0.05, 0.1) is 36.0 Å². The number of rotatable bonds is 12. The lowest BCUT2D eigenvalue weighted by Crippen LogP contribution is -2.31. The van der Waals surface area contributed by atoms with Gasteiger partial charge in [-0.05, 0) is 72.6 Å². The molecular formula is C29H29FN2O8S2. The van der Waals surface area contributed by atoms with Crippen molar-refractivity contribution in [2.75, 3.05) is 44.2 Å². The van der Waals surface area contributed by atoms with Gasteiger partial charge < -0.3 is 14.2 Å². The van der Waals surface area contributed by atoms with Crippen molar-refractivity contribution in [2.45, 2.75) is 17.2 Å². The third-order valence-corrected chi connectivity index (χ3v) is 8.82. The van der Waals surface area contributed by atoms with E-state index in [4.69, 9.17) is 14.2 Å². The van der Waals surface area contributed by atoms with E-state index in [1.54, 1.807) is 37.1 Å². The van der Waals surface area contributed by atoms with Crippen LogP contribution in [0.15, 0.2) is 71.6 Å². The van der Waals surface area contributed by atoms with Crippen LogP contribution in [0.3, 0.4) is 0 Å². The quantitative estimate of drug-likeness (QED) is 0.238. The van der Waals surface area contributed by atoms with E-state index < -0.39 is 21.9 Å². The summed E-state index contributed by atoms with van der Waals surface area (Å²) in [6.07, 6.45) is 0. The fourth-order valence-corrected chi connectivity index (χ4v) is 6.30. The molecular weight excluding hydrogens is 587 g/mol. The number of nitrogens with one attached hydrogen (secondary N) is 1. The highest BCUT2D eigenvalue weighted by atomic mass is 32.2. The second-order valence-electron chi connectivity index (χ2n) is 9.18. The molecule has 0 radical (unpaired) electrons. The molecule has 0 bridgehead atoms. The molecule has 1 aliphatic rings. The average molecular weight is 617 g/mol. The molecule has 1 atom stereocenters. The van der Waals surface area contributed by atoms with E-state index in [0.29, 0.717) is 24.5 Å². The number of amides is 2. The number of benzene rings is 3. The van der Waals surface area contributed by atoms with Crippen LogP contribution < -0.4 is 9.62 Å². The van der Waals surface area contributed by atoms with Crippen LogP contribution >= 0.6 is 11.8 Å². The van der Waals surface area contributed by atoms with Crippen molar-refractivity contribution in [1.82, 2.24) is 4.72 Å². The number of halogens is 1. The molecule has 1 N–H and O–H groups in total. The first-order valence-corrected chi connectivity index (χ1v) is 15.3. The largest absolute Gasteiger partial charge is 0.460 e. The fraction of sp³-hybridized carbons (Fsp3) is 0.276. The summed E-state index contributed by atoms with van der Waals surface area (Å²) in [7, 11) is -2.71. The van der Waals surface area contributed by atoms with E-state index in [-0.39, 0.29) is 52.1 Å². The van der Waals surface area contributed by atoms with Crippen molar-refractivity contribution in [3.05, 3.63) is 94.8 Å². The molecule has 1 unspecified atom stereocenters. The summed E-state index contributed by atoms with van der Waals surface area (Å²) >= 11 is 1.40. The summed E-state index contributed by atoms with van der Waals surface area (Å²) in [4.78, 5) is 39.2. The molecule has 1 heterocycles. The normalized spacial score (nSPS) is 15.1. The zero-order valence-corrected chi connectivity index (χ0v) is 24.5. The summed E-state index contributed by atoms with van der Waals surface area (Å²) in [5, 5.41) is -0.369. The van der Waals surface area contributed by atoms with Crippen molar-refractivity contribution < 1.29 is 41.4 Å². The molecule has 42 heavy (non-hydrogen) atoms. The van der Waals surface area contributed by atoms with Gasteiger partial charge in [-0.3, -0.25) is 14.5 Å². The minimum Gasteiger partial charge on any atom is -0.460 e. The molecule has 2 amide bonds. The first kappa shape index (κ1) is 31.2. The number of aryl methyl sites for hydroxylation is 1. The van der Waals surface area contributed by atoms with Crippen molar-refractivity contribution in [2.24, 2.45) is 0 Å². The molecule has 222 valence electrons. The molecule has 0 aromatic heterocycles. The van der Waals surface area contributed by atoms with Gasteiger partial charge in [-0.1, -0.05) is 12.1 Å². The summed E-state index contributed by atoms with van der Waals surface area (Å²) in [6.45, 7) is 2.71. The molecule has 0 saturated carbocycles. The van der Waals surface area contributed by atoms with Crippen molar-refractivity contribution in [3.8, 4) is 0 Å². The Morgan fingerprint density at radius 1 is 0.976 bits per heavy atom. The topological polar surface area (TPSA) is 128 Å². The van der Waals surface area contributed by atoms with Crippen molar-refractivity contribution >= 4 is 45.3 Å². The number of carbonyl (C=O) groups is 3. The summed E-state index contributed by atoms with van der Waals surface area (Å²) in [5.41, 5.74) is 2.10. The zero-order chi connectivity index (χ0) is 30.3. The second kappa shape index (κ2) is 13.9. The van der Waals surface area contributed by atoms with E-state index in [1.165, 1.54) is 60.3 Å². The van der Waals surface area contributed by atoms with Gasteiger partial charge in [0.2, 0.25) is 5.91 Å². The molecule has 1 fully saturated rings. The maximum absolute atomic E-state index is 13.4. The Morgan fingerprint density at radius 2 is 1.64 bits per heavy atom. The predicted molar refractivity (Wildman–Crippen MR) is 154 cm³/mol. The Balaban J connectivity index is 1.40. The summed E-state index contributed by atoms with van der Waals surface area (Å²) in [6, 6.07) is 15.4. The summed E-state index contributed by atoms with van der Waals surface area (Å²) < 4.78 is 56.3. The summed E-state index contributed by atoms with van der Waals surface area (Å²) in [5.74, 6) is -1.79. The van der Waals surface area contributed by atoms with Crippen LogP contribution in [0.1, 0.15) is 37.2 Å². The monoisotopic (exact) mass is 616 g/mol. The van der Waals surface area contributed by atoms with Gasteiger partial charge in [0, 0.05) is 18.4 Å². The molecule has 13 heteroatoms. The Hall–Kier alpha value is -3.78. The number of anilines is 1. The Bertz CT molecular complexity index is 1550. The fourth-order valence-electron chi connectivity index (χ4n) is 4.16. The maximum atomic E-state index is 13.4. The van der Waals surface area contributed by atoms with Crippen molar-refractivity contribution in [1.29, 1.82) is 0 Å². The lowest BCUT2D eigenvalue weighted by atomic mass is 10.1. The minimum absolute atomic E-state index is 0.0223. The van der Waals surface area contributed by atoms with E-state index in [2.05, 4.69) is 0 Å². The van der Waals surface area contributed by atoms with E-state index in [0.717, 1.165) is 5.56 Å². The minimum atomic E-state index is -4.26. The number of sulfonamides is 1. The molecule has 1 aliphatic heterocycles. The van der Waals surface area contributed by atoms with Gasteiger partial charge in [0.25, 0.3) is 15.9 Å². The molecule has 4 rings (SSSR count). The van der Waals surface area contributed by atoms with E-state index >= 15 is 0 Å². The van der Waals surface area contributed by atoms with Gasteiger partial charge in [0.15, 0.2) is 0 Å².